The van der Waals surface area contributed by atoms with Gasteiger partial charge in [0.25, 0.3) is 0 Å². The van der Waals surface area contributed by atoms with E-state index in [1.54, 1.807) is 14.2 Å². The van der Waals surface area contributed by atoms with E-state index in [2.05, 4.69) is 15.6 Å². The van der Waals surface area contributed by atoms with Crippen LogP contribution in [0.25, 0.3) is 0 Å². The van der Waals surface area contributed by atoms with Crippen molar-refractivity contribution < 1.29 is 17.9 Å². The maximum atomic E-state index is 11.9. The molecule has 0 aliphatic rings. The minimum atomic E-state index is -4.07. The Hall–Kier alpha value is -0.250. The molecule has 0 saturated carbocycles. The normalized spacial score (nSPS) is 12.8. The summed E-state index contributed by atoms with van der Waals surface area (Å²) in [6, 6.07) is 0. The standard InChI is InChI=1S/C12H24F3N3O.HI/c1-11(2,19-4)9-18-10(16-3)17-8-6-5-7-12(13,14)15;/h5-9H2,1-4H3,(H2,16,17,18);1H. The molecule has 0 spiro atoms. The largest absolute Gasteiger partial charge is 0.389 e. The monoisotopic (exact) mass is 411 g/mol. The SMILES string of the molecule is CN=C(NCCCCC(F)(F)F)NCC(C)(C)OC.I. The van der Waals surface area contributed by atoms with E-state index in [0.29, 0.717) is 25.5 Å². The van der Waals surface area contributed by atoms with Crippen molar-refractivity contribution >= 4 is 29.9 Å². The Kier molecular flexibility index (Phi) is 11.5. The van der Waals surface area contributed by atoms with Crippen LogP contribution in [0.1, 0.15) is 33.1 Å². The first-order valence-electron chi connectivity index (χ1n) is 6.26. The summed E-state index contributed by atoms with van der Waals surface area (Å²) in [5.41, 5.74) is -0.325. The van der Waals surface area contributed by atoms with E-state index >= 15 is 0 Å². The van der Waals surface area contributed by atoms with Gasteiger partial charge in [0.1, 0.15) is 0 Å². The molecule has 122 valence electrons. The molecule has 0 saturated heterocycles. The van der Waals surface area contributed by atoms with Crippen molar-refractivity contribution in [1.29, 1.82) is 0 Å². The molecule has 0 bridgehead atoms. The van der Waals surface area contributed by atoms with Crippen LogP contribution in [-0.2, 0) is 4.74 Å². The lowest BCUT2D eigenvalue weighted by atomic mass is 10.1. The van der Waals surface area contributed by atoms with Crippen LogP contribution in [-0.4, -0.2) is 45.0 Å². The van der Waals surface area contributed by atoms with Gasteiger partial charge in [-0.1, -0.05) is 0 Å². The first kappa shape index (κ1) is 22.0. The fraction of sp³-hybridized carbons (Fsp3) is 0.917. The molecule has 20 heavy (non-hydrogen) atoms. The third-order valence-electron chi connectivity index (χ3n) is 2.64. The minimum absolute atomic E-state index is 0. The molecule has 0 aromatic carbocycles. The van der Waals surface area contributed by atoms with Gasteiger partial charge in [-0.05, 0) is 26.7 Å². The summed E-state index contributed by atoms with van der Waals surface area (Å²) in [6.07, 6.45) is -4.23. The number of nitrogens with one attached hydrogen (secondary N) is 2. The van der Waals surface area contributed by atoms with Crippen molar-refractivity contribution in [3.8, 4) is 0 Å². The van der Waals surface area contributed by atoms with Gasteiger partial charge in [-0.15, -0.1) is 24.0 Å². The highest BCUT2D eigenvalue weighted by molar-refractivity contribution is 14.0. The molecule has 0 heterocycles. The molecule has 0 rings (SSSR count). The van der Waals surface area contributed by atoms with Crippen molar-refractivity contribution in [2.75, 3.05) is 27.2 Å². The van der Waals surface area contributed by atoms with E-state index in [1.165, 1.54) is 0 Å². The van der Waals surface area contributed by atoms with E-state index in [0.717, 1.165) is 0 Å². The zero-order chi connectivity index (χ0) is 14.9. The number of ether oxygens (including phenoxy) is 1. The summed E-state index contributed by atoms with van der Waals surface area (Å²) in [5.74, 6) is 0.567. The van der Waals surface area contributed by atoms with E-state index in [4.69, 9.17) is 4.74 Å². The Morgan fingerprint density at radius 2 is 1.75 bits per heavy atom. The van der Waals surface area contributed by atoms with Crippen LogP contribution in [0.5, 0.6) is 0 Å². The highest BCUT2D eigenvalue weighted by atomic mass is 127. The summed E-state index contributed by atoms with van der Waals surface area (Å²) in [4.78, 5) is 3.99. The Labute approximate surface area is 136 Å². The molecule has 0 aliphatic carbocycles. The van der Waals surface area contributed by atoms with Crippen LogP contribution < -0.4 is 10.6 Å². The number of rotatable bonds is 7. The fourth-order valence-corrected chi connectivity index (χ4v) is 1.25. The Morgan fingerprint density at radius 1 is 1.15 bits per heavy atom. The lowest BCUT2D eigenvalue weighted by Gasteiger charge is -2.24. The van der Waals surface area contributed by atoms with Gasteiger partial charge in [0.05, 0.1) is 5.60 Å². The van der Waals surface area contributed by atoms with Crippen molar-refractivity contribution in [3.05, 3.63) is 0 Å². The number of aliphatic imine (C=N–C) groups is 1. The number of guanidine groups is 1. The molecule has 0 aliphatic heterocycles. The van der Waals surface area contributed by atoms with Crippen molar-refractivity contribution in [2.45, 2.75) is 44.9 Å². The van der Waals surface area contributed by atoms with E-state index < -0.39 is 12.6 Å². The van der Waals surface area contributed by atoms with Crippen molar-refractivity contribution in [1.82, 2.24) is 10.6 Å². The number of nitrogens with zero attached hydrogens (tertiary/aromatic N) is 1. The predicted molar refractivity (Wildman–Crippen MR) is 85.8 cm³/mol. The molecule has 0 amide bonds. The lowest BCUT2D eigenvalue weighted by Crippen LogP contribution is -2.45. The van der Waals surface area contributed by atoms with Gasteiger partial charge in [-0.3, -0.25) is 4.99 Å². The van der Waals surface area contributed by atoms with E-state index in [9.17, 15) is 13.2 Å². The first-order chi connectivity index (χ1) is 8.70. The number of hydrogen-bond donors (Lipinski definition) is 2. The van der Waals surface area contributed by atoms with Gasteiger partial charge >= 0.3 is 6.18 Å². The molecule has 0 fully saturated rings. The molecule has 0 atom stereocenters. The maximum Gasteiger partial charge on any atom is 0.389 e. The van der Waals surface area contributed by atoms with Crippen molar-refractivity contribution in [2.24, 2.45) is 4.99 Å². The molecule has 0 radical (unpaired) electrons. The van der Waals surface area contributed by atoms with E-state index in [1.807, 2.05) is 13.8 Å². The van der Waals surface area contributed by atoms with Crippen LogP contribution in [0.3, 0.4) is 0 Å². The number of halogens is 4. The second-order valence-electron chi connectivity index (χ2n) is 4.89. The molecule has 0 aromatic rings. The zero-order valence-electron chi connectivity index (χ0n) is 12.4. The van der Waals surface area contributed by atoms with Gasteiger partial charge in [0.2, 0.25) is 0 Å². The molecular formula is C12H25F3IN3O. The topological polar surface area (TPSA) is 45.7 Å². The Balaban J connectivity index is 0. The van der Waals surface area contributed by atoms with Crippen LogP contribution in [0.2, 0.25) is 0 Å². The number of unbranched alkanes of at least 4 members (excludes halogenated alkanes) is 1. The molecule has 4 nitrogen and oxygen atoms in total. The zero-order valence-corrected chi connectivity index (χ0v) is 14.8. The second-order valence-corrected chi connectivity index (χ2v) is 4.89. The van der Waals surface area contributed by atoms with Gasteiger partial charge in [0, 0.05) is 33.7 Å². The Bertz CT molecular complexity index is 284. The van der Waals surface area contributed by atoms with Crippen molar-refractivity contribution in [3.63, 3.8) is 0 Å². The smallest absolute Gasteiger partial charge is 0.377 e. The van der Waals surface area contributed by atoms with Crippen LogP contribution in [0.4, 0.5) is 13.2 Å². The highest BCUT2D eigenvalue weighted by Crippen LogP contribution is 2.21. The van der Waals surface area contributed by atoms with Crippen LogP contribution >= 0.6 is 24.0 Å². The molecule has 0 unspecified atom stereocenters. The second kappa shape index (κ2) is 10.5. The molecule has 8 heteroatoms. The number of methoxy groups -OCH3 is 1. The van der Waals surface area contributed by atoms with Gasteiger partial charge in [-0.25, -0.2) is 0 Å². The van der Waals surface area contributed by atoms with Gasteiger partial charge in [-0.2, -0.15) is 13.2 Å². The van der Waals surface area contributed by atoms with Crippen LogP contribution in [0.15, 0.2) is 4.99 Å². The Morgan fingerprint density at radius 3 is 2.20 bits per heavy atom. The average molecular weight is 411 g/mol. The first-order valence-corrected chi connectivity index (χ1v) is 6.26. The minimum Gasteiger partial charge on any atom is -0.377 e. The molecule has 0 aromatic heterocycles. The maximum absolute atomic E-state index is 11.9. The number of alkyl halides is 3. The summed E-state index contributed by atoms with van der Waals surface area (Å²) in [6.45, 7) is 4.88. The van der Waals surface area contributed by atoms with E-state index in [-0.39, 0.29) is 36.0 Å². The fourth-order valence-electron chi connectivity index (χ4n) is 1.25. The number of hydrogen-bond acceptors (Lipinski definition) is 2. The quantitative estimate of drug-likeness (QED) is 0.293. The predicted octanol–water partition coefficient (Wildman–Crippen LogP) is 2.93. The molecular weight excluding hydrogens is 386 g/mol. The molecule has 2 N–H and O–H groups in total. The lowest BCUT2D eigenvalue weighted by molar-refractivity contribution is -0.135. The third kappa shape index (κ3) is 12.8. The summed E-state index contributed by atoms with van der Waals surface area (Å²) in [7, 11) is 3.24. The van der Waals surface area contributed by atoms with Gasteiger partial charge < -0.3 is 15.4 Å². The summed E-state index contributed by atoms with van der Waals surface area (Å²) < 4.78 is 41.0. The highest BCUT2D eigenvalue weighted by Gasteiger charge is 2.25. The average Bonchev–Trinajstić information content (AvgIpc) is 2.31. The summed E-state index contributed by atoms with van der Waals surface area (Å²) >= 11 is 0. The van der Waals surface area contributed by atoms with Crippen LogP contribution in [0, 0.1) is 0 Å². The third-order valence-corrected chi connectivity index (χ3v) is 2.64. The summed E-state index contributed by atoms with van der Waals surface area (Å²) in [5, 5.41) is 6.03. The van der Waals surface area contributed by atoms with Gasteiger partial charge in [0.15, 0.2) is 5.96 Å².